The first-order valence-corrected chi connectivity index (χ1v) is 5.62. The first kappa shape index (κ1) is 11.8. The third-order valence-corrected chi connectivity index (χ3v) is 2.86. The summed E-state index contributed by atoms with van der Waals surface area (Å²) < 4.78 is 5.07. The van der Waals surface area contributed by atoms with Crippen molar-refractivity contribution in [2.45, 2.75) is 12.6 Å². The van der Waals surface area contributed by atoms with Crippen LogP contribution in [0.4, 0.5) is 0 Å². The number of hydrogen-bond acceptors (Lipinski definition) is 4. The van der Waals surface area contributed by atoms with Gasteiger partial charge in [0.15, 0.2) is 0 Å². The van der Waals surface area contributed by atoms with E-state index in [0.29, 0.717) is 6.54 Å². The van der Waals surface area contributed by atoms with E-state index >= 15 is 0 Å². The van der Waals surface area contributed by atoms with Crippen LogP contribution in [0.1, 0.15) is 17.2 Å². The molecule has 0 fully saturated rings. The summed E-state index contributed by atoms with van der Waals surface area (Å²) in [5.41, 5.74) is 8.19. The summed E-state index contributed by atoms with van der Waals surface area (Å²) in [6, 6.07) is 6.18. The summed E-state index contributed by atoms with van der Waals surface area (Å²) in [6.07, 6.45) is 7.04. The van der Waals surface area contributed by atoms with Gasteiger partial charge in [0.05, 0.1) is 12.5 Å². The van der Waals surface area contributed by atoms with Crippen molar-refractivity contribution < 1.29 is 4.42 Å². The minimum atomic E-state index is 0.202. The molecule has 2 rings (SSSR count). The predicted molar refractivity (Wildman–Crippen MR) is 66.2 cm³/mol. The van der Waals surface area contributed by atoms with Gasteiger partial charge in [0.2, 0.25) is 0 Å². The molecule has 2 heterocycles. The number of aromatic nitrogens is 1. The maximum absolute atomic E-state index is 5.85. The molecule has 17 heavy (non-hydrogen) atoms. The molecule has 0 aliphatic heterocycles. The van der Waals surface area contributed by atoms with Crippen LogP contribution in [-0.2, 0) is 6.54 Å². The zero-order chi connectivity index (χ0) is 12.1. The van der Waals surface area contributed by atoms with E-state index in [0.717, 1.165) is 12.1 Å². The molecule has 0 radical (unpaired) electrons. The van der Waals surface area contributed by atoms with Crippen molar-refractivity contribution in [3.05, 3.63) is 54.2 Å². The van der Waals surface area contributed by atoms with E-state index in [9.17, 15) is 0 Å². The highest BCUT2D eigenvalue weighted by atomic mass is 16.3. The van der Waals surface area contributed by atoms with Crippen molar-refractivity contribution in [2.24, 2.45) is 5.73 Å². The molecule has 2 aromatic heterocycles. The number of rotatable bonds is 5. The van der Waals surface area contributed by atoms with Crippen LogP contribution in [0.3, 0.4) is 0 Å². The van der Waals surface area contributed by atoms with Crippen LogP contribution in [0.25, 0.3) is 0 Å². The third kappa shape index (κ3) is 2.93. The molecule has 0 bridgehead atoms. The van der Waals surface area contributed by atoms with Crippen LogP contribution in [0, 0.1) is 0 Å². The third-order valence-electron chi connectivity index (χ3n) is 2.86. The Kier molecular flexibility index (Phi) is 3.90. The Labute approximate surface area is 101 Å². The van der Waals surface area contributed by atoms with Crippen LogP contribution in [0.15, 0.2) is 47.5 Å². The summed E-state index contributed by atoms with van der Waals surface area (Å²) in [7, 11) is 2.06. The number of pyridine rings is 1. The second kappa shape index (κ2) is 5.61. The van der Waals surface area contributed by atoms with Gasteiger partial charge in [-0.15, -0.1) is 0 Å². The van der Waals surface area contributed by atoms with Crippen LogP contribution < -0.4 is 5.73 Å². The molecular weight excluding hydrogens is 214 g/mol. The molecule has 2 aromatic rings. The van der Waals surface area contributed by atoms with E-state index in [4.69, 9.17) is 10.2 Å². The van der Waals surface area contributed by atoms with Crippen molar-refractivity contribution in [1.82, 2.24) is 9.88 Å². The van der Waals surface area contributed by atoms with E-state index in [-0.39, 0.29) is 6.04 Å². The highest BCUT2D eigenvalue weighted by Crippen LogP contribution is 2.19. The average molecular weight is 231 g/mol. The van der Waals surface area contributed by atoms with Gasteiger partial charge >= 0.3 is 0 Å². The second-order valence-corrected chi connectivity index (χ2v) is 4.08. The van der Waals surface area contributed by atoms with Crippen molar-refractivity contribution in [1.29, 1.82) is 0 Å². The molecule has 90 valence electrons. The molecule has 0 saturated carbocycles. The van der Waals surface area contributed by atoms with Gasteiger partial charge in [-0.3, -0.25) is 9.88 Å². The summed E-state index contributed by atoms with van der Waals surface area (Å²) in [5.74, 6) is 0. The average Bonchev–Trinajstić information content (AvgIpc) is 2.84. The molecular formula is C13H17N3O. The van der Waals surface area contributed by atoms with E-state index in [1.165, 1.54) is 5.56 Å². The topological polar surface area (TPSA) is 55.3 Å². The normalized spacial score (nSPS) is 12.9. The van der Waals surface area contributed by atoms with Crippen molar-refractivity contribution in [2.75, 3.05) is 13.6 Å². The zero-order valence-electron chi connectivity index (χ0n) is 9.91. The Hall–Kier alpha value is -1.65. The summed E-state index contributed by atoms with van der Waals surface area (Å²) in [5, 5.41) is 0. The fourth-order valence-electron chi connectivity index (χ4n) is 1.94. The van der Waals surface area contributed by atoms with Gasteiger partial charge in [0, 0.05) is 37.1 Å². The van der Waals surface area contributed by atoms with E-state index < -0.39 is 0 Å². The van der Waals surface area contributed by atoms with Crippen molar-refractivity contribution in [3.8, 4) is 0 Å². The standard InChI is InChI=1S/C13H17N3O/c1-16(9-11-4-7-17-10-11)13(8-14)12-2-5-15-6-3-12/h2-7,10,13H,8-9,14H2,1H3. The number of hydrogen-bond donors (Lipinski definition) is 1. The lowest BCUT2D eigenvalue weighted by Gasteiger charge is -2.26. The van der Waals surface area contributed by atoms with Gasteiger partial charge in [0.25, 0.3) is 0 Å². The minimum absolute atomic E-state index is 0.202. The SMILES string of the molecule is CN(Cc1ccoc1)C(CN)c1ccncc1. The highest BCUT2D eigenvalue weighted by Gasteiger charge is 2.15. The molecule has 4 heteroatoms. The summed E-state index contributed by atoms with van der Waals surface area (Å²) >= 11 is 0. The molecule has 4 nitrogen and oxygen atoms in total. The second-order valence-electron chi connectivity index (χ2n) is 4.08. The van der Waals surface area contributed by atoms with Gasteiger partial charge in [-0.1, -0.05) is 0 Å². The first-order chi connectivity index (χ1) is 8.31. The van der Waals surface area contributed by atoms with Gasteiger partial charge in [-0.05, 0) is 30.8 Å². The van der Waals surface area contributed by atoms with Gasteiger partial charge in [-0.2, -0.15) is 0 Å². The van der Waals surface area contributed by atoms with E-state index in [1.807, 2.05) is 18.2 Å². The van der Waals surface area contributed by atoms with Crippen LogP contribution in [0.5, 0.6) is 0 Å². The lowest BCUT2D eigenvalue weighted by atomic mass is 10.1. The Morgan fingerprint density at radius 3 is 2.71 bits per heavy atom. The molecule has 0 saturated heterocycles. The molecule has 0 aliphatic carbocycles. The van der Waals surface area contributed by atoms with Crippen LogP contribution in [-0.4, -0.2) is 23.5 Å². The van der Waals surface area contributed by atoms with Gasteiger partial charge in [-0.25, -0.2) is 0 Å². The number of likely N-dealkylation sites (N-methyl/N-ethyl adjacent to an activating group) is 1. The van der Waals surface area contributed by atoms with Crippen LogP contribution >= 0.6 is 0 Å². The smallest absolute Gasteiger partial charge is 0.0947 e. The molecule has 0 aliphatic rings. The lowest BCUT2D eigenvalue weighted by Crippen LogP contribution is -2.30. The number of nitrogens with zero attached hydrogens (tertiary/aromatic N) is 2. The molecule has 1 unspecified atom stereocenters. The quantitative estimate of drug-likeness (QED) is 0.852. The monoisotopic (exact) mass is 231 g/mol. The van der Waals surface area contributed by atoms with Gasteiger partial charge in [0.1, 0.15) is 0 Å². The highest BCUT2D eigenvalue weighted by molar-refractivity contribution is 5.16. The van der Waals surface area contributed by atoms with E-state index in [1.54, 1.807) is 24.9 Å². The molecule has 0 amide bonds. The predicted octanol–water partition coefficient (Wildman–Crippen LogP) is 1.81. The molecule has 1 atom stereocenters. The number of furan rings is 1. The zero-order valence-corrected chi connectivity index (χ0v) is 9.91. The summed E-state index contributed by atoms with van der Waals surface area (Å²) in [4.78, 5) is 6.23. The molecule has 0 spiro atoms. The Morgan fingerprint density at radius 1 is 1.35 bits per heavy atom. The van der Waals surface area contributed by atoms with Crippen molar-refractivity contribution >= 4 is 0 Å². The first-order valence-electron chi connectivity index (χ1n) is 5.62. The van der Waals surface area contributed by atoms with Crippen molar-refractivity contribution in [3.63, 3.8) is 0 Å². The molecule has 2 N–H and O–H groups in total. The fraction of sp³-hybridized carbons (Fsp3) is 0.308. The van der Waals surface area contributed by atoms with Gasteiger partial charge < -0.3 is 10.2 Å². The minimum Gasteiger partial charge on any atom is -0.472 e. The Bertz CT molecular complexity index is 427. The Balaban J connectivity index is 2.08. The van der Waals surface area contributed by atoms with Crippen LogP contribution in [0.2, 0.25) is 0 Å². The maximum atomic E-state index is 5.85. The Morgan fingerprint density at radius 2 is 2.12 bits per heavy atom. The summed E-state index contributed by atoms with van der Waals surface area (Å²) in [6.45, 7) is 1.40. The maximum Gasteiger partial charge on any atom is 0.0947 e. The number of nitrogens with two attached hydrogens (primary N) is 1. The van der Waals surface area contributed by atoms with E-state index in [2.05, 4.69) is 16.9 Å². The largest absolute Gasteiger partial charge is 0.472 e. The lowest BCUT2D eigenvalue weighted by molar-refractivity contribution is 0.241. The molecule has 0 aromatic carbocycles. The fourth-order valence-corrected chi connectivity index (χ4v) is 1.94.